The molecule has 0 N–H and O–H groups in total. The van der Waals surface area contributed by atoms with Crippen LogP contribution < -0.4 is 0 Å². The predicted molar refractivity (Wildman–Crippen MR) is 103 cm³/mol. The van der Waals surface area contributed by atoms with Crippen molar-refractivity contribution in [2.75, 3.05) is 13.1 Å². The summed E-state index contributed by atoms with van der Waals surface area (Å²) in [6.45, 7) is 4.33. The summed E-state index contributed by atoms with van der Waals surface area (Å²) in [5, 5.41) is 1.99. The van der Waals surface area contributed by atoms with E-state index in [9.17, 15) is 4.79 Å². The zero-order chi connectivity index (χ0) is 17.9. The lowest BCUT2D eigenvalue weighted by atomic mass is 9.96. The van der Waals surface area contributed by atoms with Crippen LogP contribution in [0.4, 0.5) is 0 Å². The average Bonchev–Trinajstić information content (AvgIpc) is 3.31. The molecular weight excluding hydrogens is 344 g/mol. The Morgan fingerprint density at radius 1 is 1.35 bits per heavy atom. The third-order valence-electron chi connectivity index (χ3n) is 4.95. The molecule has 0 unspecified atom stereocenters. The molecule has 0 aromatic carbocycles. The van der Waals surface area contributed by atoms with E-state index in [2.05, 4.69) is 20.6 Å². The fourth-order valence-corrected chi connectivity index (χ4v) is 4.50. The SMILES string of the molecule is Cc1ccsc1C(=O)N1CCC[C@H](c2nccn2Cc2cccnc2)C1. The number of aryl methyl sites for hydroxylation is 1. The van der Waals surface area contributed by atoms with Crippen LogP contribution in [0.25, 0.3) is 0 Å². The molecule has 0 radical (unpaired) electrons. The van der Waals surface area contributed by atoms with Crippen molar-refractivity contribution in [3.8, 4) is 0 Å². The molecule has 3 aromatic heterocycles. The second kappa shape index (κ2) is 7.41. The normalized spacial score (nSPS) is 17.4. The quantitative estimate of drug-likeness (QED) is 0.707. The molecule has 0 bridgehead atoms. The van der Waals surface area contributed by atoms with Crippen molar-refractivity contribution in [2.24, 2.45) is 0 Å². The second-order valence-corrected chi connectivity index (χ2v) is 7.71. The smallest absolute Gasteiger partial charge is 0.264 e. The summed E-state index contributed by atoms with van der Waals surface area (Å²) in [6, 6.07) is 6.04. The van der Waals surface area contributed by atoms with Gasteiger partial charge >= 0.3 is 0 Å². The monoisotopic (exact) mass is 366 g/mol. The molecule has 1 saturated heterocycles. The largest absolute Gasteiger partial charge is 0.337 e. The van der Waals surface area contributed by atoms with E-state index in [1.54, 1.807) is 6.20 Å². The average molecular weight is 366 g/mol. The van der Waals surface area contributed by atoms with Gasteiger partial charge in [0.2, 0.25) is 0 Å². The lowest BCUT2D eigenvalue weighted by Gasteiger charge is -2.32. The molecule has 26 heavy (non-hydrogen) atoms. The van der Waals surface area contributed by atoms with Crippen LogP contribution in [0.3, 0.4) is 0 Å². The van der Waals surface area contributed by atoms with Crippen LogP contribution >= 0.6 is 11.3 Å². The summed E-state index contributed by atoms with van der Waals surface area (Å²) in [6.07, 6.45) is 9.63. The van der Waals surface area contributed by atoms with Crippen molar-refractivity contribution < 1.29 is 4.79 Å². The first-order valence-electron chi connectivity index (χ1n) is 8.95. The molecule has 0 spiro atoms. The first-order chi connectivity index (χ1) is 12.7. The van der Waals surface area contributed by atoms with Gasteiger partial charge in [-0.2, -0.15) is 0 Å². The van der Waals surface area contributed by atoms with Crippen LogP contribution in [0, 0.1) is 6.92 Å². The Bertz CT molecular complexity index is 886. The highest BCUT2D eigenvalue weighted by molar-refractivity contribution is 7.12. The van der Waals surface area contributed by atoms with Gasteiger partial charge in [0.1, 0.15) is 5.82 Å². The molecule has 4 heterocycles. The van der Waals surface area contributed by atoms with Crippen molar-refractivity contribution >= 4 is 17.2 Å². The number of likely N-dealkylation sites (tertiary alicyclic amines) is 1. The number of nitrogens with zero attached hydrogens (tertiary/aromatic N) is 4. The van der Waals surface area contributed by atoms with Gasteiger partial charge in [-0.3, -0.25) is 9.78 Å². The third-order valence-corrected chi connectivity index (χ3v) is 5.96. The molecular formula is C20H22N4OS. The Kier molecular flexibility index (Phi) is 4.84. The summed E-state index contributed by atoms with van der Waals surface area (Å²) in [5.74, 6) is 1.50. The van der Waals surface area contributed by atoms with E-state index in [-0.39, 0.29) is 11.8 Å². The number of piperidine rings is 1. The lowest BCUT2D eigenvalue weighted by molar-refractivity contribution is 0.0707. The summed E-state index contributed by atoms with van der Waals surface area (Å²) < 4.78 is 2.19. The number of hydrogen-bond donors (Lipinski definition) is 0. The van der Waals surface area contributed by atoms with Gasteiger partial charge in [0.25, 0.3) is 5.91 Å². The Morgan fingerprint density at radius 2 is 2.27 bits per heavy atom. The number of hydrogen-bond acceptors (Lipinski definition) is 4. The number of pyridine rings is 1. The van der Waals surface area contributed by atoms with E-state index in [1.807, 2.05) is 47.9 Å². The minimum absolute atomic E-state index is 0.160. The maximum Gasteiger partial charge on any atom is 0.264 e. The summed E-state index contributed by atoms with van der Waals surface area (Å²) in [5.41, 5.74) is 2.23. The molecule has 134 valence electrons. The lowest BCUT2D eigenvalue weighted by Crippen LogP contribution is -2.39. The predicted octanol–water partition coefficient (Wildman–Crippen LogP) is 3.72. The molecule has 0 aliphatic carbocycles. The zero-order valence-electron chi connectivity index (χ0n) is 14.8. The third kappa shape index (κ3) is 3.42. The fraction of sp³-hybridized carbons (Fsp3) is 0.350. The molecule has 1 atom stereocenters. The molecule has 3 aromatic rings. The Hall–Kier alpha value is -2.47. The van der Waals surface area contributed by atoms with Crippen LogP contribution in [0.1, 0.15) is 45.4 Å². The first-order valence-corrected chi connectivity index (χ1v) is 9.83. The van der Waals surface area contributed by atoms with Gasteiger partial charge in [0.15, 0.2) is 0 Å². The van der Waals surface area contributed by atoms with Gasteiger partial charge in [-0.05, 0) is 48.4 Å². The molecule has 6 heteroatoms. The Labute approximate surface area is 157 Å². The Balaban J connectivity index is 1.51. The number of amides is 1. The summed E-state index contributed by atoms with van der Waals surface area (Å²) in [7, 11) is 0. The number of aromatic nitrogens is 3. The van der Waals surface area contributed by atoms with Crippen LogP contribution in [-0.2, 0) is 6.54 Å². The van der Waals surface area contributed by atoms with E-state index in [0.29, 0.717) is 0 Å². The molecule has 1 aliphatic heterocycles. The molecule has 5 nitrogen and oxygen atoms in total. The van der Waals surface area contributed by atoms with Gasteiger partial charge in [0.05, 0.1) is 11.4 Å². The highest BCUT2D eigenvalue weighted by Gasteiger charge is 2.29. The van der Waals surface area contributed by atoms with E-state index < -0.39 is 0 Å². The van der Waals surface area contributed by atoms with Gasteiger partial charge in [-0.1, -0.05) is 6.07 Å². The zero-order valence-corrected chi connectivity index (χ0v) is 15.7. The van der Waals surface area contributed by atoms with Gasteiger partial charge in [-0.25, -0.2) is 4.98 Å². The summed E-state index contributed by atoms with van der Waals surface area (Å²) in [4.78, 5) is 24.5. The first kappa shape index (κ1) is 17.0. The van der Waals surface area contributed by atoms with Crippen LogP contribution in [0.5, 0.6) is 0 Å². The van der Waals surface area contributed by atoms with E-state index in [4.69, 9.17) is 0 Å². The van der Waals surface area contributed by atoms with Crippen LogP contribution in [0.2, 0.25) is 0 Å². The van der Waals surface area contributed by atoms with Crippen LogP contribution in [0.15, 0.2) is 48.4 Å². The van der Waals surface area contributed by atoms with Crippen molar-refractivity contribution in [1.82, 2.24) is 19.4 Å². The highest BCUT2D eigenvalue weighted by Crippen LogP contribution is 2.28. The molecule has 4 rings (SSSR count). The molecule has 1 aliphatic rings. The number of rotatable bonds is 4. The van der Waals surface area contributed by atoms with Gasteiger partial charge in [0, 0.05) is 43.8 Å². The molecule has 0 saturated carbocycles. The summed E-state index contributed by atoms with van der Waals surface area (Å²) >= 11 is 1.54. The van der Waals surface area contributed by atoms with E-state index >= 15 is 0 Å². The van der Waals surface area contributed by atoms with Gasteiger partial charge < -0.3 is 9.47 Å². The number of carbonyl (C=O) groups excluding carboxylic acids is 1. The topological polar surface area (TPSA) is 51.0 Å². The molecule has 1 fully saturated rings. The van der Waals surface area contributed by atoms with Crippen molar-refractivity contribution in [3.63, 3.8) is 0 Å². The maximum atomic E-state index is 12.9. The fourth-order valence-electron chi connectivity index (χ4n) is 3.61. The van der Waals surface area contributed by atoms with Crippen LogP contribution in [-0.4, -0.2) is 38.4 Å². The highest BCUT2D eigenvalue weighted by atomic mass is 32.1. The van der Waals surface area contributed by atoms with Crippen molar-refractivity contribution in [3.05, 3.63) is 70.2 Å². The Morgan fingerprint density at radius 3 is 3.04 bits per heavy atom. The maximum absolute atomic E-state index is 12.9. The van der Waals surface area contributed by atoms with Crippen molar-refractivity contribution in [1.29, 1.82) is 0 Å². The van der Waals surface area contributed by atoms with Crippen molar-refractivity contribution in [2.45, 2.75) is 32.2 Å². The minimum atomic E-state index is 0.160. The van der Waals surface area contributed by atoms with E-state index in [1.165, 1.54) is 11.3 Å². The second-order valence-electron chi connectivity index (χ2n) is 6.80. The van der Waals surface area contributed by atoms with Gasteiger partial charge in [-0.15, -0.1) is 11.3 Å². The van der Waals surface area contributed by atoms with E-state index in [0.717, 1.165) is 54.3 Å². The number of carbonyl (C=O) groups is 1. The molecule has 1 amide bonds. The minimum Gasteiger partial charge on any atom is -0.337 e. The number of imidazole rings is 1. The number of thiophene rings is 1. The standard InChI is InChI=1S/C20H22N4OS/c1-15-6-11-26-18(15)20(25)24-9-3-5-17(14-24)19-22-8-10-23(19)13-16-4-2-7-21-12-16/h2,4,6-8,10-12,17H,3,5,9,13-14H2,1H3/t17-/m0/s1.